The monoisotopic (exact) mass is 184 g/mol. The lowest BCUT2D eigenvalue weighted by Crippen LogP contribution is -2.24. The van der Waals surface area contributed by atoms with Gasteiger partial charge in [0.15, 0.2) is 0 Å². The molecule has 3 nitrogen and oxygen atoms in total. The van der Waals surface area contributed by atoms with Crippen molar-refractivity contribution in [2.75, 3.05) is 19.8 Å². The minimum Gasteiger partial charge on any atom is -0.387 e. The number of hydrogen-bond donors (Lipinski definition) is 1. The molecule has 0 aromatic rings. The minimum atomic E-state index is 0.365. The fourth-order valence-electron chi connectivity index (χ4n) is 1.37. The second-order valence-corrected chi connectivity index (χ2v) is 4.00. The average molecular weight is 184 g/mol. The van der Waals surface area contributed by atoms with Crippen molar-refractivity contribution in [3.8, 4) is 0 Å². The van der Waals surface area contributed by atoms with Crippen LogP contribution >= 0.6 is 0 Å². The molecule has 0 bridgehead atoms. The van der Waals surface area contributed by atoms with Gasteiger partial charge in [-0.1, -0.05) is 13.8 Å². The van der Waals surface area contributed by atoms with E-state index in [1.165, 1.54) is 12.8 Å². The number of ether oxygens (including phenoxy) is 1. The molecule has 3 heteroatoms. The molecule has 0 saturated carbocycles. The Hall–Kier alpha value is -0.570. The number of aliphatic imine (C=N–C) groups is 1. The van der Waals surface area contributed by atoms with Gasteiger partial charge >= 0.3 is 0 Å². The predicted molar refractivity (Wildman–Crippen MR) is 54.9 cm³/mol. The summed E-state index contributed by atoms with van der Waals surface area (Å²) in [4.78, 5) is 4.36. The molecule has 0 aromatic heterocycles. The Morgan fingerprint density at radius 2 is 2.38 bits per heavy atom. The van der Waals surface area contributed by atoms with Gasteiger partial charge in [-0.3, -0.25) is 4.99 Å². The van der Waals surface area contributed by atoms with Crippen molar-refractivity contribution >= 4 is 5.84 Å². The van der Waals surface area contributed by atoms with Crippen molar-refractivity contribution in [2.24, 2.45) is 22.6 Å². The molecule has 1 atom stereocenters. The Labute approximate surface area is 80.4 Å². The first-order chi connectivity index (χ1) is 6.20. The van der Waals surface area contributed by atoms with Crippen LogP contribution in [0.25, 0.3) is 0 Å². The van der Waals surface area contributed by atoms with E-state index in [1.54, 1.807) is 0 Å². The van der Waals surface area contributed by atoms with E-state index < -0.39 is 0 Å². The SMILES string of the molecule is CC(C)C(N)=NCC1CCCOC1. The van der Waals surface area contributed by atoms with Gasteiger partial charge in [-0.15, -0.1) is 0 Å². The summed E-state index contributed by atoms with van der Waals surface area (Å²) in [6.07, 6.45) is 2.40. The van der Waals surface area contributed by atoms with Gasteiger partial charge in [0, 0.05) is 25.0 Å². The van der Waals surface area contributed by atoms with Crippen LogP contribution in [-0.2, 0) is 4.74 Å². The minimum absolute atomic E-state index is 0.365. The zero-order chi connectivity index (χ0) is 9.68. The maximum Gasteiger partial charge on any atom is 0.0962 e. The Morgan fingerprint density at radius 1 is 1.62 bits per heavy atom. The maximum atomic E-state index is 5.74. The molecule has 1 rings (SSSR count). The summed E-state index contributed by atoms with van der Waals surface area (Å²) >= 11 is 0. The first kappa shape index (κ1) is 10.5. The van der Waals surface area contributed by atoms with Crippen LogP contribution in [0.2, 0.25) is 0 Å². The molecule has 0 amide bonds. The zero-order valence-electron chi connectivity index (χ0n) is 8.62. The van der Waals surface area contributed by atoms with Gasteiger partial charge in [-0.25, -0.2) is 0 Å². The Morgan fingerprint density at radius 3 is 2.92 bits per heavy atom. The van der Waals surface area contributed by atoms with Crippen LogP contribution in [0.1, 0.15) is 26.7 Å². The molecule has 1 aliphatic heterocycles. The summed E-state index contributed by atoms with van der Waals surface area (Å²) in [5.74, 6) is 1.72. The fourth-order valence-corrected chi connectivity index (χ4v) is 1.37. The Balaban J connectivity index is 2.27. The van der Waals surface area contributed by atoms with Crippen LogP contribution in [0, 0.1) is 11.8 Å². The molecule has 1 aliphatic rings. The summed E-state index contributed by atoms with van der Waals surface area (Å²) in [7, 11) is 0. The van der Waals surface area contributed by atoms with Crippen molar-refractivity contribution in [3.63, 3.8) is 0 Å². The molecule has 1 unspecified atom stereocenters. The van der Waals surface area contributed by atoms with Gasteiger partial charge in [0.2, 0.25) is 0 Å². The summed E-state index contributed by atoms with van der Waals surface area (Å²) in [6.45, 7) is 6.74. The second-order valence-electron chi connectivity index (χ2n) is 4.00. The molecule has 1 saturated heterocycles. The van der Waals surface area contributed by atoms with Gasteiger partial charge in [0.1, 0.15) is 0 Å². The first-order valence-electron chi connectivity index (χ1n) is 5.07. The van der Waals surface area contributed by atoms with E-state index >= 15 is 0 Å². The molecule has 0 spiro atoms. The number of nitrogens with two attached hydrogens (primary N) is 1. The zero-order valence-corrected chi connectivity index (χ0v) is 8.62. The summed E-state index contributed by atoms with van der Waals surface area (Å²) in [5.41, 5.74) is 5.74. The van der Waals surface area contributed by atoms with Crippen LogP contribution in [-0.4, -0.2) is 25.6 Å². The van der Waals surface area contributed by atoms with Crippen molar-refractivity contribution in [3.05, 3.63) is 0 Å². The van der Waals surface area contributed by atoms with Gasteiger partial charge in [-0.05, 0) is 12.8 Å². The lowest BCUT2D eigenvalue weighted by Gasteiger charge is -2.20. The van der Waals surface area contributed by atoms with Gasteiger partial charge < -0.3 is 10.5 Å². The largest absolute Gasteiger partial charge is 0.387 e. The molecule has 1 heterocycles. The molecule has 13 heavy (non-hydrogen) atoms. The molecule has 0 radical (unpaired) electrons. The standard InChI is InChI=1S/C10H20N2O/c1-8(2)10(11)12-6-9-4-3-5-13-7-9/h8-9H,3-7H2,1-2H3,(H2,11,12). The van der Waals surface area contributed by atoms with E-state index in [1.807, 2.05) is 0 Å². The Kier molecular flexibility index (Phi) is 4.22. The normalized spacial score (nSPS) is 25.2. The Bertz CT molecular complexity index is 172. The average Bonchev–Trinajstić information content (AvgIpc) is 2.15. The maximum absolute atomic E-state index is 5.74. The third-order valence-corrected chi connectivity index (χ3v) is 2.38. The van der Waals surface area contributed by atoms with E-state index in [0.717, 1.165) is 25.6 Å². The van der Waals surface area contributed by atoms with E-state index in [0.29, 0.717) is 11.8 Å². The van der Waals surface area contributed by atoms with Crippen molar-refractivity contribution in [1.29, 1.82) is 0 Å². The highest BCUT2D eigenvalue weighted by Crippen LogP contribution is 2.13. The van der Waals surface area contributed by atoms with Crippen LogP contribution in [0.5, 0.6) is 0 Å². The first-order valence-corrected chi connectivity index (χ1v) is 5.07. The smallest absolute Gasteiger partial charge is 0.0962 e. The molecule has 0 aliphatic carbocycles. The molecule has 1 fully saturated rings. The van der Waals surface area contributed by atoms with Gasteiger partial charge in [-0.2, -0.15) is 0 Å². The van der Waals surface area contributed by atoms with Crippen molar-refractivity contribution < 1.29 is 4.74 Å². The number of amidine groups is 1. The van der Waals surface area contributed by atoms with Crippen molar-refractivity contribution in [2.45, 2.75) is 26.7 Å². The highest BCUT2D eigenvalue weighted by Gasteiger charge is 2.13. The third-order valence-electron chi connectivity index (χ3n) is 2.38. The molecule has 0 aromatic carbocycles. The van der Waals surface area contributed by atoms with Crippen LogP contribution in [0.4, 0.5) is 0 Å². The van der Waals surface area contributed by atoms with Gasteiger partial charge in [0.05, 0.1) is 12.4 Å². The highest BCUT2D eigenvalue weighted by molar-refractivity contribution is 5.82. The molecular weight excluding hydrogens is 164 g/mol. The number of nitrogens with zero attached hydrogens (tertiary/aromatic N) is 1. The van der Waals surface area contributed by atoms with Crippen LogP contribution in [0.3, 0.4) is 0 Å². The topological polar surface area (TPSA) is 47.6 Å². The lowest BCUT2D eigenvalue weighted by molar-refractivity contribution is 0.0582. The predicted octanol–water partition coefficient (Wildman–Crippen LogP) is 1.43. The lowest BCUT2D eigenvalue weighted by atomic mass is 10.0. The quantitative estimate of drug-likeness (QED) is 0.532. The number of hydrogen-bond acceptors (Lipinski definition) is 2. The molecular formula is C10H20N2O. The number of rotatable bonds is 3. The van der Waals surface area contributed by atoms with E-state index in [2.05, 4.69) is 18.8 Å². The highest BCUT2D eigenvalue weighted by atomic mass is 16.5. The molecule has 2 N–H and O–H groups in total. The summed E-state index contributed by atoms with van der Waals surface area (Å²) < 4.78 is 5.36. The summed E-state index contributed by atoms with van der Waals surface area (Å²) in [6, 6.07) is 0. The van der Waals surface area contributed by atoms with E-state index in [4.69, 9.17) is 10.5 Å². The van der Waals surface area contributed by atoms with Crippen molar-refractivity contribution in [1.82, 2.24) is 0 Å². The van der Waals surface area contributed by atoms with E-state index in [9.17, 15) is 0 Å². The second kappa shape index (κ2) is 5.22. The van der Waals surface area contributed by atoms with Crippen LogP contribution in [0.15, 0.2) is 4.99 Å². The van der Waals surface area contributed by atoms with E-state index in [-0.39, 0.29) is 0 Å². The van der Waals surface area contributed by atoms with Crippen LogP contribution < -0.4 is 5.73 Å². The third kappa shape index (κ3) is 3.77. The molecule has 76 valence electrons. The summed E-state index contributed by atoms with van der Waals surface area (Å²) in [5, 5.41) is 0. The fraction of sp³-hybridized carbons (Fsp3) is 0.900. The van der Waals surface area contributed by atoms with Gasteiger partial charge in [0.25, 0.3) is 0 Å².